The number of nitrogens with zero attached hydrogens (tertiary/aromatic N) is 1. The SMILES string of the molecule is CCC1(CC)C[C@@H](NC(=O)C2CCN(S(=O)(=O)Cc3ccccc3Cl)CC2)c2ccccc2O1. The molecule has 0 radical (unpaired) electrons. The van der Waals surface area contributed by atoms with E-state index >= 15 is 0 Å². The first-order valence-corrected chi connectivity index (χ1v) is 14.0. The van der Waals surface area contributed by atoms with E-state index in [2.05, 4.69) is 19.2 Å². The van der Waals surface area contributed by atoms with Crippen molar-refractivity contribution in [1.82, 2.24) is 9.62 Å². The summed E-state index contributed by atoms with van der Waals surface area (Å²) in [5, 5.41) is 3.72. The summed E-state index contributed by atoms with van der Waals surface area (Å²) in [5.41, 5.74) is 1.31. The van der Waals surface area contributed by atoms with Crippen LogP contribution >= 0.6 is 11.6 Å². The van der Waals surface area contributed by atoms with Crippen molar-refractivity contribution in [3.8, 4) is 5.75 Å². The number of carbonyl (C=O) groups excluding carboxylic acids is 1. The maximum absolute atomic E-state index is 13.2. The number of benzene rings is 2. The third-order valence-corrected chi connectivity index (χ3v) is 9.51. The number of hydrogen-bond acceptors (Lipinski definition) is 4. The molecule has 1 N–H and O–H groups in total. The zero-order valence-corrected chi connectivity index (χ0v) is 21.4. The molecule has 34 heavy (non-hydrogen) atoms. The quantitative estimate of drug-likeness (QED) is 0.570. The average molecular weight is 505 g/mol. The molecule has 2 aliphatic heterocycles. The van der Waals surface area contributed by atoms with E-state index in [0.29, 0.717) is 36.5 Å². The lowest BCUT2D eigenvalue weighted by Crippen LogP contribution is -2.47. The second-order valence-electron chi connectivity index (χ2n) is 9.32. The normalized spacial score (nSPS) is 20.9. The minimum atomic E-state index is -3.50. The number of para-hydroxylation sites is 1. The van der Waals surface area contributed by atoms with Gasteiger partial charge in [0.2, 0.25) is 15.9 Å². The molecule has 0 spiro atoms. The molecule has 4 rings (SSSR count). The van der Waals surface area contributed by atoms with E-state index in [-0.39, 0.29) is 29.2 Å². The molecular formula is C26H33ClN2O4S. The first kappa shape index (κ1) is 25.0. The van der Waals surface area contributed by atoms with Crippen LogP contribution in [0.5, 0.6) is 5.75 Å². The van der Waals surface area contributed by atoms with Gasteiger partial charge in [0.15, 0.2) is 0 Å². The van der Waals surface area contributed by atoms with E-state index in [1.54, 1.807) is 24.3 Å². The van der Waals surface area contributed by atoms with Crippen LogP contribution in [0.15, 0.2) is 48.5 Å². The molecule has 6 nitrogen and oxygen atoms in total. The minimum absolute atomic E-state index is 0.00837. The lowest BCUT2D eigenvalue weighted by molar-refractivity contribution is -0.127. The molecule has 1 saturated heterocycles. The van der Waals surface area contributed by atoms with Gasteiger partial charge >= 0.3 is 0 Å². The first-order chi connectivity index (χ1) is 16.3. The van der Waals surface area contributed by atoms with Gasteiger partial charge in [-0.2, -0.15) is 0 Å². The van der Waals surface area contributed by atoms with Crippen LogP contribution in [-0.2, 0) is 20.6 Å². The van der Waals surface area contributed by atoms with Crippen LogP contribution < -0.4 is 10.1 Å². The fraction of sp³-hybridized carbons (Fsp3) is 0.500. The van der Waals surface area contributed by atoms with Crippen molar-refractivity contribution in [2.45, 2.75) is 63.3 Å². The summed E-state index contributed by atoms with van der Waals surface area (Å²) in [5.74, 6) is 0.493. The van der Waals surface area contributed by atoms with E-state index in [1.807, 2.05) is 24.3 Å². The fourth-order valence-electron chi connectivity index (χ4n) is 5.02. The molecule has 0 aliphatic carbocycles. The molecule has 8 heteroatoms. The van der Waals surface area contributed by atoms with Crippen LogP contribution in [0.2, 0.25) is 5.02 Å². The molecular weight excluding hydrogens is 472 g/mol. The number of fused-ring (bicyclic) bond motifs is 1. The summed E-state index contributed by atoms with van der Waals surface area (Å²) >= 11 is 6.16. The summed E-state index contributed by atoms with van der Waals surface area (Å²) in [6.45, 7) is 4.91. The number of ether oxygens (including phenoxy) is 1. The van der Waals surface area contributed by atoms with Crippen molar-refractivity contribution in [3.63, 3.8) is 0 Å². The summed E-state index contributed by atoms with van der Waals surface area (Å²) in [7, 11) is -3.50. The molecule has 1 atom stereocenters. The number of piperidine rings is 1. The molecule has 2 aromatic carbocycles. The Hall–Kier alpha value is -2.09. The minimum Gasteiger partial charge on any atom is -0.487 e. The predicted octanol–water partition coefficient (Wildman–Crippen LogP) is 5.08. The van der Waals surface area contributed by atoms with Gasteiger partial charge in [-0.25, -0.2) is 12.7 Å². The smallest absolute Gasteiger partial charge is 0.223 e. The van der Waals surface area contributed by atoms with Gasteiger partial charge < -0.3 is 10.1 Å². The number of amides is 1. The molecule has 0 unspecified atom stereocenters. The zero-order valence-electron chi connectivity index (χ0n) is 19.8. The molecule has 1 amide bonds. The van der Waals surface area contributed by atoms with Gasteiger partial charge in [0.25, 0.3) is 0 Å². The lowest BCUT2D eigenvalue weighted by atomic mass is 9.83. The van der Waals surface area contributed by atoms with Crippen LogP contribution in [0.1, 0.15) is 63.1 Å². The van der Waals surface area contributed by atoms with E-state index < -0.39 is 10.0 Å². The molecule has 0 aromatic heterocycles. The molecule has 2 aliphatic rings. The first-order valence-electron chi connectivity index (χ1n) is 12.1. The van der Waals surface area contributed by atoms with Crippen molar-refractivity contribution in [1.29, 1.82) is 0 Å². The molecule has 184 valence electrons. The van der Waals surface area contributed by atoms with Crippen molar-refractivity contribution in [2.75, 3.05) is 13.1 Å². The third kappa shape index (κ3) is 5.26. The number of hydrogen-bond donors (Lipinski definition) is 1. The maximum Gasteiger partial charge on any atom is 0.223 e. The zero-order chi connectivity index (χ0) is 24.3. The van der Waals surface area contributed by atoms with Gasteiger partial charge in [-0.05, 0) is 43.4 Å². The summed E-state index contributed by atoms with van der Waals surface area (Å²) in [6, 6.07) is 14.8. The van der Waals surface area contributed by atoms with Crippen molar-refractivity contribution >= 4 is 27.5 Å². The second-order valence-corrected chi connectivity index (χ2v) is 11.7. The molecule has 1 fully saturated rings. The Bertz CT molecular complexity index is 1130. The van der Waals surface area contributed by atoms with Gasteiger partial charge in [0, 0.05) is 36.0 Å². The largest absolute Gasteiger partial charge is 0.487 e. The van der Waals surface area contributed by atoms with Crippen LogP contribution in [0.3, 0.4) is 0 Å². The van der Waals surface area contributed by atoms with Gasteiger partial charge in [0.05, 0.1) is 11.8 Å². The Kier molecular flexibility index (Phi) is 7.55. The highest BCUT2D eigenvalue weighted by Gasteiger charge is 2.40. The van der Waals surface area contributed by atoms with E-state index in [9.17, 15) is 13.2 Å². The predicted molar refractivity (Wildman–Crippen MR) is 134 cm³/mol. The van der Waals surface area contributed by atoms with E-state index in [0.717, 1.165) is 30.6 Å². The molecule has 0 saturated carbocycles. The summed E-state index contributed by atoms with van der Waals surface area (Å²) in [6.07, 6.45) is 3.47. The molecule has 0 bridgehead atoms. The van der Waals surface area contributed by atoms with Crippen LogP contribution in [0, 0.1) is 5.92 Å². The second kappa shape index (κ2) is 10.3. The average Bonchev–Trinajstić information content (AvgIpc) is 2.85. The third-order valence-electron chi connectivity index (χ3n) is 7.32. The Morgan fingerprint density at radius 2 is 1.74 bits per heavy atom. The Labute approximate surface area is 207 Å². The van der Waals surface area contributed by atoms with Gasteiger partial charge in [0.1, 0.15) is 11.4 Å². The highest BCUT2D eigenvalue weighted by molar-refractivity contribution is 7.88. The number of carbonyl (C=O) groups is 1. The highest BCUT2D eigenvalue weighted by Crippen LogP contribution is 2.42. The topological polar surface area (TPSA) is 75.7 Å². The van der Waals surface area contributed by atoms with Crippen LogP contribution in [-0.4, -0.2) is 37.3 Å². The number of sulfonamides is 1. The Morgan fingerprint density at radius 1 is 1.09 bits per heavy atom. The van der Waals surface area contributed by atoms with Crippen LogP contribution in [0.4, 0.5) is 0 Å². The highest BCUT2D eigenvalue weighted by atomic mass is 35.5. The van der Waals surface area contributed by atoms with Crippen molar-refractivity contribution in [3.05, 3.63) is 64.7 Å². The van der Waals surface area contributed by atoms with Crippen molar-refractivity contribution < 1.29 is 17.9 Å². The van der Waals surface area contributed by atoms with Gasteiger partial charge in [-0.15, -0.1) is 0 Å². The lowest BCUT2D eigenvalue weighted by Gasteiger charge is -2.42. The maximum atomic E-state index is 13.2. The Morgan fingerprint density at radius 3 is 2.41 bits per heavy atom. The molecule has 2 aromatic rings. The monoisotopic (exact) mass is 504 g/mol. The summed E-state index contributed by atoms with van der Waals surface area (Å²) in [4.78, 5) is 13.2. The Balaban J connectivity index is 1.40. The van der Waals surface area contributed by atoms with Crippen molar-refractivity contribution in [2.24, 2.45) is 5.92 Å². The number of nitrogens with one attached hydrogen (secondary N) is 1. The fourth-order valence-corrected chi connectivity index (χ4v) is 6.90. The standard InChI is InChI=1S/C26H33ClN2O4S/c1-3-26(4-2)17-23(21-10-6-8-12-24(21)33-26)28-25(30)19-13-15-29(16-14-19)34(31,32)18-20-9-5-7-11-22(20)27/h5-12,19,23H,3-4,13-18H2,1-2H3,(H,28,30)/t23-/m1/s1. The van der Waals surface area contributed by atoms with Gasteiger partial charge in [-0.1, -0.05) is 61.8 Å². The van der Waals surface area contributed by atoms with Gasteiger partial charge in [-0.3, -0.25) is 4.79 Å². The number of rotatable bonds is 7. The number of halogens is 1. The summed E-state index contributed by atoms with van der Waals surface area (Å²) < 4.78 is 33.7. The van der Waals surface area contributed by atoms with E-state index in [4.69, 9.17) is 16.3 Å². The van der Waals surface area contributed by atoms with E-state index in [1.165, 1.54) is 4.31 Å². The molecule has 2 heterocycles. The van der Waals surface area contributed by atoms with Crippen LogP contribution in [0.25, 0.3) is 0 Å².